The molecule has 0 bridgehead atoms. The van der Waals surface area contributed by atoms with Gasteiger partial charge in [0.25, 0.3) is 0 Å². The van der Waals surface area contributed by atoms with Gasteiger partial charge in [-0.15, -0.1) is 12.4 Å². The summed E-state index contributed by atoms with van der Waals surface area (Å²) in [6.45, 7) is 3.03. The van der Waals surface area contributed by atoms with Gasteiger partial charge in [-0.05, 0) is 44.0 Å². The summed E-state index contributed by atoms with van der Waals surface area (Å²) >= 11 is 0. The molecule has 1 heterocycles. The van der Waals surface area contributed by atoms with Crippen molar-refractivity contribution < 1.29 is 13.9 Å². The zero-order valence-electron chi connectivity index (χ0n) is 12.3. The summed E-state index contributed by atoms with van der Waals surface area (Å²) in [4.78, 5) is 12.0. The number of benzene rings is 1. The summed E-state index contributed by atoms with van der Waals surface area (Å²) in [5.74, 6) is -0.303. The van der Waals surface area contributed by atoms with Crippen LogP contribution < -0.4 is 15.4 Å². The summed E-state index contributed by atoms with van der Waals surface area (Å²) in [5, 5.41) is 6.35. The van der Waals surface area contributed by atoms with Crippen molar-refractivity contribution in [2.45, 2.75) is 38.3 Å². The van der Waals surface area contributed by atoms with Crippen LogP contribution >= 0.6 is 12.4 Å². The van der Waals surface area contributed by atoms with Gasteiger partial charge in [0.15, 0.2) is 11.6 Å². The molecular formula is C15H22ClFN2O2. The number of rotatable bonds is 4. The largest absolute Gasteiger partial charge is 0.494 e. The lowest BCUT2D eigenvalue weighted by atomic mass is 10.0. The Morgan fingerprint density at radius 2 is 2.29 bits per heavy atom. The second-order valence-corrected chi connectivity index (χ2v) is 5.29. The molecule has 0 spiro atoms. The van der Waals surface area contributed by atoms with Crippen LogP contribution in [0.4, 0.5) is 4.39 Å². The van der Waals surface area contributed by atoms with E-state index in [1.165, 1.54) is 13.2 Å². The van der Waals surface area contributed by atoms with Crippen molar-refractivity contribution in [2.24, 2.45) is 0 Å². The fraction of sp³-hybridized carbons (Fsp3) is 0.533. The highest BCUT2D eigenvalue weighted by Crippen LogP contribution is 2.18. The Kier molecular flexibility index (Phi) is 6.92. The van der Waals surface area contributed by atoms with Crippen LogP contribution in [0.5, 0.6) is 5.75 Å². The van der Waals surface area contributed by atoms with Gasteiger partial charge in [-0.3, -0.25) is 4.79 Å². The van der Waals surface area contributed by atoms with Crippen molar-refractivity contribution in [3.63, 3.8) is 0 Å². The Bertz CT molecular complexity index is 485. The van der Waals surface area contributed by atoms with E-state index in [0.29, 0.717) is 11.6 Å². The van der Waals surface area contributed by atoms with Crippen LogP contribution in [0.25, 0.3) is 0 Å². The van der Waals surface area contributed by atoms with Crippen molar-refractivity contribution >= 4 is 18.3 Å². The molecule has 1 fully saturated rings. The van der Waals surface area contributed by atoms with Crippen LogP contribution in [0.1, 0.15) is 25.3 Å². The molecule has 2 N–H and O–H groups in total. The quantitative estimate of drug-likeness (QED) is 0.894. The lowest BCUT2D eigenvalue weighted by Crippen LogP contribution is -2.46. The zero-order valence-corrected chi connectivity index (χ0v) is 13.1. The monoisotopic (exact) mass is 316 g/mol. The molecule has 0 aromatic heterocycles. The standard InChI is InChI=1S/C15H21FN2O2.ClH/c1-10-7-12(5-6-17-10)18-15(19)9-11-3-4-14(20-2)13(16)8-11;/h3-4,8,10,12,17H,5-7,9H2,1-2H3,(H,18,19);1H. The SMILES string of the molecule is COc1ccc(CC(=O)NC2CCNC(C)C2)cc1F.Cl. The number of halogens is 2. The molecule has 118 valence electrons. The van der Waals surface area contributed by atoms with Gasteiger partial charge < -0.3 is 15.4 Å². The Labute approximate surface area is 130 Å². The fourth-order valence-corrected chi connectivity index (χ4v) is 2.55. The first-order chi connectivity index (χ1) is 9.58. The second-order valence-electron chi connectivity index (χ2n) is 5.29. The van der Waals surface area contributed by atoms with E-state index in [2.05, 4.69) is 17.6 Å². The maximum absolute atomic E-state index is 13.5. The third-order valence-corrected chi connectivity index (χ3v) is 3.57. The number of carbonyl (C=O) groups is 1. The number of nitrogens with one attached hydrogen (secondary N) is 2. The van der Waals surface area contributed by atoms with Crippen LogP contribution in [-0.4, -0.2) is 31.6 Å². The maximum Gasteiger partial charge on any atom is 0.224 e. The summed E-state index contributed by atoms with van der Waals surface area (Å²) in [7, 11) is 1.42. The molecule has 2 unspecified atom stereocenters. The van der Waals surface area contributed by atoms with E-state index in [1.54, 1.807) is 12.1 Å². The summed E-state index contributed by atoms with van der Waals surface area (Å²) in [6.07, 6.45) is 2.06. The Morgan fingerprint density at radius 1 is 1.52 bits per heavy atom. The Balaban J connectivity index is 0.00000220. The number of methoxy groups -OCH3 is 1. The number of hydrogen-bond acceptors (Lipinski definition) is 3. The average Bonchev–Trinajstić information content (AvgIpc) is 2.38. The molecule has 0 saturated carbocycles. The molecule has 4 nitrogen and oxygen atoms in total. The maximum atomic E-state index is 13.5. The lowest BCUT2D eigenvalue weighted by Gasteiger charge is -2.28. The van der Waals surface area contributed by atoms with E-state index in [4.69, 9.17) is 4.74 Å². The van der Waals surface area contributed by atoms with Gasteiger partial charge in [0, 0.05) is 12.1 Å². The Morgan fingerprint density at radius 3 is 2.90 bits per heavy atom. The van der Waals surface area contributed by atoms with Crippen LogP contribution in [0, 0.1) is 5.82 Å². The predicted molar refractivity (Wildman–Crippen MR) is 82.5 cm³/mol. The van der Waals surface area contributed by atoms with Crippen molar-refractivity contribution in [1.29, 1.82) is 0 Å². The first-order valence-electron chi connectivity index (χ1n) is 6.93. The minimum atomic E-state index is -0.437. The van der Waals surface area contributed by atoms with Gasteiger partial charge >= 0.3 is 0 Å². The molecule has 1 aliphatic rings. The van der Waals surface area contributed by atoms with Crippen molar-refractivity contribution in [1.82, 2.24) is 10.6 Å². The van der Waals surface area contributed by atoms with Crippen LogP contribution in [0.2, 0.25) is 0 Å². The minimum absolute atomic E-state index is 0. The third kappa shape index (κ3) is 5.17. The normalized spacial score (nSPS) is 21.3. The minimum Gasteiger partial charge on any atom is -0.494 e. The summed E-state index contributed by atoms with van der Waals surface area (Å²) in [5.41, 5.74) is 0.655. The first kappa shape index (κ1) is 17.7. The molecule has 1 amide bonds. The molecule has 0 radical (unpaired) electrons. The van der Waals surface area contributed by atoms with E-state index in [1.807, 2.05) is 0 Å². The van der Waals surface area contributed by atoms with E-state index >= 15 is 0 Å². The average molecular weight is 317 g/mol. The highest BCUT2D eigenvalue weighted by atomic mass is 35.5. The van der Waals surface area contributed by atoms with E-state index in [9.17, 15) is 9.18 Å². The molecular weight excluding hydrogens is 295 g/mol. The van der Waals surface area contributed by atoms with Crippen LogP contribution in [-0.2, 0) is 11.2 Å². The third-order valence-electron chi connectivity index (χ3n) is 3.57. The first-order valence-corrected chi connectivity index (χ1v) is 6.93. The van der Waals surface area contributed by atoms with Gasteiger partial charge in [0.1, 0.15) is 0 Å². The van der Waals surface area contributed by atoms with Gasteiger partial charge in [0.2, 0.25) is 5.91 Å². The van der Waals surface area contributed by atoms with Crippen LogP contribution in [0.3, 0.4) is 0 Å². The number of ether oxygens (including phenoxy) is 1. The highest BCUT2D eigenvalue weighted by Gasteiger charge is 2.20. The molecule has 6 heteroatoms. The number of piperidine rings is 1. The molecule has 0 aliphatic carbocycles. The molecule has 1 aromatic rings. The van der Waals surface area contributed by atoms with Gasteiger partial charge in [-0.1, -0.05) is 6.07 Å². The van der Waals surface area contributed by atoms with Crippen molar-refractivity contribution in [3.8, 4) is 5.75 Å². The van der Waals surface area contributed by atoms with Gasteiger partial charge in [-0.2, -0.15) is 0 Å². The topological polar surface area (TPSA) is 50.4 Å². The number of carbonyl (C=O) groups excluding carboxylic acids is 1. The molecule has 2 atom stereocenters. The molecule has 1 aliphatic heterocycles. The van der Waals surface area contributed by atoms with Crippen molar-refractivity contribution in [2.75, 3.05) is 13.7 Å². The number of hydrogen-bond donors (Lipinski definition) is 2. The lowest BCUT2D eigenvalue weighted by molar-refractivity contribution is -0.121. The van der Waals surface area contributed by atoms with Crippen LogP contribution in [0.15, 0.2) is 18.2 Å². The van der Waals surface area contributed by atoms with Gasteiger partial charge in [0.05, 0.1) is 13.5 Å². The summed E-state index contributed by atoms with van der Waals surface area (Å²) in [6, 6.07) is 5.25. The molecule has 2 rings (SSSR count). The number of amides is 1. The second kappa shape index (κ2) is 8.20. The van der Waals surface area contributed by atoms with E-state index in [0.717, 1.165) is 19.4 Å². The summed E-state index contributed by atoms with van der Waals surface area (Å²) < 4.78 is 18.4. The predicted octanol–water partition coefficient (Wildman–Crippen LogP) is 2.06. The molecule has 21 heavy (non-hydrogen) atoms. The molecule has 1 aromatic carbocycles. The van der Waals surface area contributed by atoms with E-state index < -0.39 is 5.82 Å². The fourth-order valence-electron chi connectivity index (χ4n) is 2.55. The zero-order chi connectivity index (χ0) is 14.5. The Hall–Kier alpha value is -1.33. The van der Waals surface area contributed by atoms with E-state index in [-0.39, 0.29) is 36.5 Å². The van der Waals surface area contributed by atoms with Crippen molar-refractivity contribution in [3.05, 3.63) is 29.6 Å². The molecule has 1 saturated heterocycles. The highest BCUT2D eigenvalue weighted by molar-refractivity contribution is 5.85. The van der Waals surface area contributed by atoms with Gasteiger partial charge in [-0.25, -0.2) is 4.39 Å². The smallest absolute Gasteiger partial charge is 0.224 e.